The second kappa shape index (κ2) is 7.58. The van der Waals surface area contributed by atoms with Crippen LogP contribution in [0.3, 0.4) is 0 Å². The Labute approximate surface area is 122 Å². The Morgan fingerprint density at radius 2 is 2.00 bits per heavy atom. The lowest BCUT2D eigenvalue weighted by Crippen LogP contribution is -2.35. The SMILES string of the molecule is CCCCCN(C)c1ncc(F)cc1CNC(C)(C)C. The smallest absolute Gasteiger partial charge is 0.141 e. The summed E-state index contributed by atoms with van der Waals surface area (Å²) in [5.41, 5.74) is 0.920. The highest BCUT2D eigenvalue weighted by atomic mass is 19.1. The molecule has 3 nitrogen and oxygen atoms in total. The fourth-order valence-corrected chi connectivity index (χ4v) is 2.01. The van der Waals surface area contributed by atoms with Crippen LogP contribution in [0.4, 0.5) is 10.2 Å². The molecule has 0 bridgehead atoms. The van der Waals surface area contributed by atoms with Crippen LogP contribution in [0.1, 0.15) is 52.5 Å². The normalized spacial score (nSPS) is 11.7. The molecular formula is C16H28FN3. The summed E-state index contributed by atoms with van der Waals surface area (Å²) in [4.78, 5) is 6.39. The van der Waals surface area contributed by atoms with Crippen LogP contribution < -0.4 is 10.2 Å². The minimum atomic E-state index is -0.276. The van der Waals surface area contributed by atoms with E-state index in [4.69, 9.17) is 0 Å². The predicted molar refractivity (Wildman–Crippen MR) is 83.6 cm³/mol. The molecule has 1 N–H and O–H groups in total. The van der Waals surface area contributed by atoms with Crippen molar-refractivity contribution in [2.75, 3.05) is 18.5 Å². The first-order chi connectivity index (χ1) is 9.33. The summed E-state index contributed by atoms with van der Waals surface area (Å²) in [6, 6.07) is 1.58. The van der Waals surface area contributed by atoms with E-state index >= 15 is 0 Å². The lowest BCUT2D eigenvalue weighted by Gasteiger charge is -2.24. The van der Waals surface area contributed by atoms with Gasteiger partial charge >= 0.3 is 0 Å². The van der Waals surface area contributed by atoms with Crippen molar-refractivity contribution in [3.05, 3.63) is 23.6 Å². The first kappa shape index (κ1) is 16.9. The zero-order valence-corrected chi connectivity index (χ0v) is 13.5. The molecule has 1 aromatic heterocycles. The zero-order chi connectivity index (χ0) is 15.2. The number of halogens is 1. The fourth-order valence-electron chi connectivity index (χ4n) is 2.01. The van der Waals surface area contributed by atoms with E-state index in [-0.39, 0.29) is 11.4 Å². The molecule has 4 heteroatoms. The Morgan fingerprint density at radius 1 is 1.30 bits per heavy atom. The van der Waals surface area contributed by atoms with Gasteiger partial charge in [0.05, 0.1) is 6.20 Å². The Bertz CT molecular complexity index is 413. The topological polar surface area (TPSA) is 28.2 Å². The highest BCUT2D eigenvalue weighted by molar-refractivity contribution is 5.46. The number of aromatic nitrogens is 1. The van der Waals surface area contributed by atoms with Crippen LogP contribution >= 0.6 is 0 Å². The van der Waals surface area contributed by atoms with E-state index in [9.17, 15) is 4.39 Å². The molecule has 0 unspecified atom stereocenters. The minimum Gasteiger partial charge on any atom is -0.359 e. The maximum Gasteiger partial charge on any atom is 0.141 e. The number of hydrogen-bond acceptors (Lipinski definition) is 3. The van der Waals surface area contributed by atoms with Gasteiger partial charge in [-0.05, 0) is 33.3 Å². The van der Waals surface area contributed by atoms with Crippen LogP contribution in [-0.2, 0) is 6.54 Å². The Hall–Kier alpha value is -1.16. The molecule has 0 amide bonds. The highest BCUT2D eigenvalue weighted by Gasteiger charge is 2.14. The molecule has 0 saturated carbocycles. The molecular weight excluding hydrogens is 253 g/mol. The number of rotatable bonds is 7. The van der Waals surface area contributed by atoms with Gasteiger partial charge in [0.1, 0.15) is 11.6 Å². The molecule has 1 heterocycles. The summed E-state index contributed by atoms with van der Waals surface area (Å²) in [5.74, 6) is 0.598. The molecule has 20 heavy (non-hydrogen) atoms. The van der Waals surface area contributed by atoms with Gasteiger partial charge in [0.15, 0.2) is 0 Å². The predicted octanol–water partition coefficient (Wildman–Crippen LogP) is 3.74. The summed E-state index contributed by atoms with van der Waals surface area (Å²) < 4.78 is 13.4. The number of anilines is 1. The molecule has 0 radical (unpaired) electrons. The molecule has 0 atom stereocenters. The van der Waals surface area contributed by atoms with Crippen LogP contribution in [-0.4, -0.2) is 24.1 Å². The highest BCUT2D eigenvalue weighted by Crippen LogP contribution is 2.19. The zero-order valence-electron chi connectivity index (χ0n) is 13.5. The van der Waals surface area contributed by atoms with Crippen molar-refractivity contribution < 1.29 is 4.39 Å². The van der Waals surface area contributed by atoms with Crippen molar-refractivity contribution in [3.63, 3.8) is 0 Å². The fraction of sp³-hybridized carbons (Fsp3) is 0.688. The average molecular weight is 281 g/mol. The summed E-state index contributed by atoms with van der Waals surface area (Å²) in [6.07, 6.45) is 4.84. The van der Waals surface area contributed by atoms with E-state index in [0.717, 1.165) is 24.3 Å². The van der Waals surface area contributed by atoms with Crippen molar-refractivity contribution >= 4 is 5.82 Å². The lowest BCUT2D eigenvalue weighted by molar-refractivity contribution is 0.423. The third-order valence-corrected chi connectivity index (χ3v) is 3.18. The second-order valence-corrected chi connectivity index (χ2v) is 6.37. The van der Waals surface area contributed by atoms with Crippen LogP contribution in [0.2, 0.25) is 0 Å². The molecule has 0 aliphatic carbocycles. The van der Waals surface area contributed by atoms with Crippen molar-refractivity contribution in [2.45, 2.75) is 59.0 Å². The third-order valence-electron chi connectivity index (χ3n) is 3.18. The summed E-state index contributed by atoms with van der Waals surface area (Å²) in [5, 5.41) is 3.39. The van der Waals surface area contributed by atoms with Crippen LogP contribution in [0.15, 0.2) is 12.3 Å². The molecule has 1 rings (SSSR count). The maximum atomic E-state index is 13.4. The van der Waals surface area contributed by atoms with Crippen molar-refractivity contribution in [2.24, 2.45) is 0 Å². The third kappa shape index (κ3) is 5.87. The van der Waals surface area contributed by atoms with Gasteiger partial charge in [0.25, 0.3) is 0 Å². The number of hydrogen-bond donors (Lipinski definition) is 1. The number of pyridine rings is 1. The first-order valence-electron chi connectivity index (χ1n) is 7.44. The van der Waals surface area contributed by atoms with Crippen LogP contribution in [0, 0.1) is 5.82 Å². The van der Waals surface area contributed by atoms with Gasteiger partial charge in [-0.15, -0.1) is 0 Å². The molecule has 0 aliphatic rings. The van der Waals surface area contributed by atoms with Crippen molar-refractivity contribution in [1.29, 1.82) is 0 Å². The molecule has 0 fully saturated rings. The Morgan fingerprint density at radius 3 is 2.60 bits per heavy atom. The Balaban J connectivity index is 2.78. The first-order valence-corrected chi connectivity index (χ1v) is 7.44. The van der Waals surface area contributed by atoms with Gasteiger partial charge in [-0.3, -0.25) is 0 Å². The summed E-state index contributed by atoms with van der Waals surface area (Å²) in [7, 11) is 2.02. The van der Waals surface area contributed by atoms with Crippen LogP contribution in [0.5, 0.6) is 0 Å². The van der Waals surface area contributed by atoms with E-state index in [1.807, 2.05) is 7.05 Å². The largest absolute Gasteiger partial charge is 0.359 e. The molecule has 0 aliphatic heterocycles. The van der Waals surface area contributed by atoms with E-state index in [1.54, 1.807) is 6.07 Å². The van der Waals surface area contributed by atoms with Crippen LogP contribution in [0.25, 0.3) is 0 Å². The van der Waals surface area contributed by atoms with E-state index in [2.05, 4.69) is 42.9 Å². The van der Waals surface area contributed by atoms with Gasteiger partial charge in [0, 0.05) is 31.2 Å². The van der Waals surface area contributed by atoms with Gasteiger partial charge < -0.3 is 10.2 Å². The van der Waals surface area contributed by atoms with Crippen molar-refractivity contribution in [1.82, 2.24) is 10.3 Å². The molecule has 114 valence electrons. The monoisotopic (exact) mass is 281 g/mol. The standard InChI is InChI=1S/C16H28FN3/c1-6-7-8-9-20(5)15-13(10-14(17)12-18-15)11-19-16(2,3)4/h10,12,19H,6-9,11H2,1-5H3. The summed E-state index contributed by atoms with van der Waals surface area (Å²) >= 11 is 0. The number of unbranched alkanes of at least 4 members (excludes halogenated alkanes) is 2. The molecule has 0 aromatic carbocycles. The summed E-state index contributed by atoms with van der Waals surface area (Å²) in [6.45, 7) is 10.1. The quantitative estimate of drug-likeness (QED) is 0.772. The van der Waals surface area contributed by atoms with Gasteiger partial charge in [0.2, 0.25) is 0 Å². The van der Waals surface area contributed by atoms with Crippen molar-refractivity contribution in [3.8, 4) is 0 Å². The van der Waals surface area contributed by atoms with E-state index in [0.29, 0.717) is 6.54 Å². The number of nitrogens with one attached hydrogen (secondary N) is 1. The van der Waals surface area contributed by atoms with Gasteiger partial charge in [-0.2, -0.15) is 0 Å². The number of nitrogens with zero attached hydrogens (tertiary/aromatic N) is 2. The van der Waals surface area contributed by atoms with E-state index < -0.39 is 0 Å². The second-order valence-electron chi connectivity index (χ2n) is 6.37. The minimum absolute atomic E-state index is 0.00433. The molecule has 1 aromatic rings. The van der Waals surface area contributed by atoms with Gasteiger partial charge in [-0.25, -0.2) is 9.37 Å². The average Bonchev–Trinajstić information content (AvgIpc) is 2.35. The lowest BCUT2D eigenvalue weighted by atomic mass is 10.1. The molecule has 0 spiro atoms. The van der Waals surface area contributed by atoms with E-state index in [1.165, 1.54) is 19.0 Å². The molecule has 0 saturated heterocycles. The Kier molecular flexibility index (Phi) is 6.40. The van der Waals surface area contributed by atoms with Gasteiger partial charge in [-0.1, -0.05) is 19.8 Å². The maximum absolute atomic E-state index is 13.4.